The first-order valence-corrected chi connectivity index (χ1v) is 12.0. The van der Waals surface area contributed by atoms with Crippen LogP contribution in [0.25, 0.3) is 11.1 Å². The molecule has 9 heteroatoms. The number of carbonyl (C=O) groups is 2. The van der Waals surface area contributed by atoms with E-state index in [4.69, 9.17) is 21.1 Å². The van der Waals surface area contributed by atoms with E-state index in [1.807, 2.05) is 55.5 Å². The van der Waals surface area contributed by atoms with Crippen molar-refractivity contribution in [2.24, 2.45) is 5.41 Å². The number of nitrogens with zero attached hydrogens (tertiary/aromatic N) is 2. The average Bonchev–Trinajstić information content (AvgIpc) is 3.39. The summed E-state index contributed by atoms with van der Waals surface area (Å²) >= 11 is 6.13. The zero-order valence-corrected chi connectivity index (χ0v) is 21.0. The first-order valence-electron chi connectivity index (χ1n) is 11.6. The summed E-state index contributed by atoms with van der Waals surface area (Å²) in [6.45, 7) is 6.37. The van der Waals surface area contributed by atoms with Crippen LogP contribution >= 0.6 is 11.6 Å². The Morgan fingerprint density at radius 3 is 2.51 bits per heavy atom. The van der Waals surface area contributed by atoms with Crippen molar-refractivity contribution in [1.29, 1.82) is 0 Å². The van der Waals surface area contributed by atoms with Crippen molar-refractivity contribution in [3.05, 3.63) is 71.0 Å². The number of benzene rings is 2. The Labute approximate surface area is 210 Å². The molecule has 0 unspecified atom stereocenters. The van der Waals surface area contributed by atoms with Gasteiger partial charge in [-0.3, -0.25) is 14.7 Å². The van der Waals surface area contributed by atoms with Crippen LogP contribution in [0.4, 0.5) is 0 Å². The Balaban J connectivity index is 1.83. The maximum Gasteiger partial charge on any atom is 0.314 e. The minimum absolute atomic E-state index is 0.189. The molecule has 0 saturated heterocycles. The summed E-state index contributed by atoms with van der Waals surface area (Å²) < 4.78 is 11.0. The summed E-state index contributed by atoms with van der Waals surface area (Å²) in [5.41, 5.74) is 2.37. The largest absolute Gasteiger partial charge is 0.466 e. The summed E-state index contributed by atoms with van der Waals surface area (Å²) in [5, 5.41) is 13.6. The number of amides is 1. The number of nitrogens with one attached hydrogen (secondary N) is 2. The fourth-order valence-corrected chi connectivity index (χ4v) is 4.10. The average molecular weight is 499 g/mol. The number of esters is 1. The molecule has 8 nitrogen and oxygen atoms in total. The Hall–Kier alpha value is -3.23. The molecule has 0 aliphatic carbocycles. The zero-order valence-electron chi connectivity index (χ0n) is 20.2. The molecule has 3 aromatic rings. The number of rotatable bonds is 12. The van der Waals surface area contributed by atoms with Crippen molar-refractivity contribution < 1.29 is 19.1 Å². The van der Waals surface area contributed by atoms with Gasteiger partial charge in [-0.1, -0.05) is 53.2 Å². The molecular formula is C26H31ClN4O4. The third-order valence-electron chi connectivity index (χ3n) is 5.68. The topological polar surface area (TPSA) is 106 Å². The lowest BCUT2D eigenvalue weighted by molar-refractivity contribution is -0.159. The van der Waals surface area contributed by atoms with Gasteiger partial charge in [0.25, 0.3) is 5.91 Å². The molecule has 1 aromatic heterocycles. The van der Waals surface area contributed by atoms with Crippen molar-refractivity contribution in [1.82, 2.24) is 20.7 Å². The van der Waals surface area contributed by atoms with E-state index in [0.717, 1.165) is 16.7 Å². The molecule has 3 rings (SSSR count). The summed E-state index contributed by atoms with van der Waals surface area (Å²) in [6.07, 6.45) is 2.19. The van der Waals surface area contributed by atoms with Crippen LogP contribution in [-0.2, 0) is 20.7 Å². The summed E-state index contributed by atoms with van der Waals surface area (Å²) in [4.78, 5) is 25.6. The highest BCUT2D eigenvalue weighted by atomic mass is 35.5. The van der Waals surface area contributed by atoms with E-state index in [1.165, 1.54) is 6.20 Å². The second-order valence-electron chi connectivity index (χ2n) is 8.57. The van der Waals surface area contributed by atoms with E-state index in [2.05, 4.69) is 20.7 Å². The third-order valence-corrected chi connectivity index (χ3v) is 5.91. The van der Waals surface area contributed by atoms with Gasteiger partial charge in [-0.25, -0.2) is 0 Å². The van der Waals surface area contributed by atoms with Crippen molar-refractivity contribution in [3.8, 4) is 11.1 Å². The monoisotopic (exact) mass is 498 g/mol. The first kappa shape index (κ1) is 26.4. The van der Waals surface area contributed by atoms with Crippen LogP contribution in [0.1, 0.15) is 43.2 Å². The molecule has 2 N–H and O–H groups in total. The molecule has 0 fully saturated rings. The number of carbonyl (C=O) groups excluding carboxylic acids is 2. The van der Waals surface area contributed by atoms with Gasteiger partial charge in [-0.2, -0.15) is 0 Å². The van der Waals surface area contributed by atoms with Crippen LogP contribution in [-0.4, -0.2) is 53.1 Å². The van der Waals surface area contributed by atoms with Gasteiger partial charge in [-0.15, -0.1) is 5.10 Å². The molecular weight excluding hydrogens is 468 g/mol. The normalized spacial score (nSPS) is 13.6. The Morgan fingerprint density at radius 2 is 1.89 bits per heavy atom. The number of hydrogen-bond acceptors (Lipinski definition) is 6. The Bertz CT molecular complexity index is 1100. The molecule has 0 radical (unpaired) electrons. The molecule has 35 heavy (non-hydrogen) atoms. The van der Waals surface area contributed by atoms with Crippen molar-refractivity contribution in [2.45, 2.75) is 39.7 Å². The number of aromatic amines is 1. The number of aromatic nitrogens is 3. The highest BCUT2D eigenvalue weighted by Crippen LogP contribution is 2.29. The highest BCUT2D eigenvalue weighted by Gasteiger charge is 2.38. The van der Waals surface area contributed by atoms with Crippen LogP contribution in [0.2, 0.25) is 5.02 Å². The van der Waals surface area contributed by atoms with Gasteiger partial charge < -0.3 is 14.8 Å². The number of ether oxygens (including phenoxy) is 2. The van der Waals surface area contributed by atoms with E-state index in [9.17, 15) is 9.59 Å². The maximum absolute atomic E-state index is 12.9. The molecule has 1 heterocycles. The second-order valence-corrected chi connectivity index (χ2v) is 9.01. The van der Waals surface area contributed by atoms with E-state index in [-0.39, 0.29) is 36.8 Å². The van der Waals surface area contributed by atoms with E-state index >= 15 is 0 Å². The van der Waals surface area contributed by atoms with E-state index in [0.29, 0.717) is 24.5 Å². The van der Waals surface area contributed by atoms with Crippen molar-refractivity contribution >= 4 is 23.5 Å². The van der Waals surface area contributed by atoms with Crippen molar-refractivity contribution in [3.63, 3.8) is 0 Å². The van der Waals surface area contributed by atoms with Gasteiger partial charge in [0, 0.05) is 17.7 Å². The predicted octanol–water partition coefficient (Wildman–Crippen LogP) is 4.46. The number of halogens is 1. The molecule has 0 aliphatic heterocycles. The van der Waals surface area contributed by atoms with Crippen LogP contribution in [0.3, 0.4) is 0 Å². The van der Waals surface area contributed by atoms with Crippen LogP contribution in [0, 0.1) is 5.41 Å². The van der Waals surface area contributed by atoms with Crippen LogP contribution in [0.5, 0.6) is 0 Å². The maximum atomic E-state index is 12.9. The summed E-state index contributed by atoms with van der Waals surface area (Å²) in [5.74, 6) is -0.703. The van der Waals surface area contributed by atoms with Gasteiger partial charge in [0.2, 0.25) is 0 Å². The molecule has 0 spiro atoms. The molecule has 0 bridgehead atoms. The minimum Gasteiger partial charge on any atom is -0.466 e. The van der Waals surface area contributed by atoms with Gasteiger partial charge in [0.1, 0.15) is 5.69 Å². The van der Waals surface area contributed by atoms with Gasteiger partial charge in [0.15, 0.2) is 0 Å². The molecule has 2 atom stereocenters. The van der Waals surface area contributed by atoms with Gasteiger partial charge >= 0.3 is 5.97 Å². The van der Waals surface area contributed by atoms with E-state index < -0.39 is 5.41 Å². The quantitative estimate of drug-likeness (QED) is 0.357. The summed E-state index contributed by atoms with van der Waals surface area (Å²) in [7, 11) is 0. The summed E-state index contributed by atoms with van der Waals surface area (Å²) in [6, 6.07) is 15.3. The van der Waals surface area contributed by atoms with E-state index in [1.54, 1.807) is 13.8 Å². The number of hydrogen-bond donors (Lipinski definition) is 2. The van der Waals surface area contributed by atoms with Gasteiger partial charge in [-0.05, 0) is 62.4 Å². The Morgan fingerprint density at radius 1 is 1.11 bits per heavy atom. The highest BCUT2D eigenvalue weighted by molar-refractivity contribution is 6.30. The Kier molecular flexibility index (Phi) is 9.39. The van der Waals surface area contributed by atoms with Crippen LogP contribution in [0.15, 0.2) is 54.7 Å². The standard InChI is InChI=1S/C26H31ClN4O4/c1-4-34-17-26(3,25(33)35-5-2)15-22(29-24(32)23-16-28-31-30-23)13-18-9-11-19(12-10-18)20-7-6-8-21(27)14-20/h6-12,14,16,22H,4-5,13,15,17H2,1-3H3,(H,29,32)(H,28,30,31)/t22-,26+/m1/s1. The molecule has 1 amide bonds. The third kappa shape index (κ3) is 7.37. The number of H-pyrrole nitrogens is 1. The lowest BCUT2D eigenvalue weighted by Gasteiger charge is -2.31. The fourth-order valence-electron chi connectivity index (χ4n) is 3.91. The fraction of sp³-hybridized carbons (Fsp3) is 0.385. The molecule has 186 valence electrons. The SMILES string of the molecule is CCOC[C@](C)(C[C@@H](Cc1ccc(-c2cccc(Cl)c2)cc1)NC(=O)c1cnn[nH]1)C(=O)OCC. The van der Waals surface area contributed by atoms with Crippen molar-refractivity contribution in [2.75, 3.05) is 19.8 Å². The molecule has 2 aromatic carbocycles. The van der Waals surface area contributed by atoms with Gasteiger partial charge in [0.05, 0.1) is 24.8 Å². The first-order chi connectivity index (χ1) is 16.8. The van der Waals surface area contributed by atoms with Crippen LogP contribution < -0.4 is 5.32 Å². The molecule has 0 aliphatic rings. The zero-order chi connectivity index (χ0) is 25.3. The lowest BCUT2D eigenvalue weighted by atomic mass is 9.82. The smallest absolute Gasteiger partial charge is 0.314 e. The lowest BCUT2D eigenvalue weighted by Crippen LogP contribution is -2.45. The molecule has 0 saturated carbocycles. The second kappa shape index (κ2) is 12.5. The minimum atomic E-state index is -0.934. The predicted molar refractivity (Wildman–Crippen MR) is 134 cm³/mol.